The maximum absolute atomic E-state index is 5.50. The molecule has 0 saturated carbocycles. The highest BCUT2D eigenvalue weighted by atomic mass is 32.1. The quantitative estimate of drug-likeness (QED) is 0.859. The molecule has 0 aromatic carbocycles. The predicted octanol–water partition coefficient (Wildman–Crippen LogP) is 2.47. The first-order chi connectivity index (χ1) is 7.79. The number of nitrogens with one attached hydrogen (secondary N) is 1. The molecule has 4 heteroatoms. The Labute approximate surface area is 101 Å². The van der Waals surface area contributed by atoms with Gasteiger partial charge in [0.2, 0.25) is 0 Å². The molecular formula is C12H19NO2S. The van der Waals surface area contributed by atoms with Crippen LogP contribution in [0.2, 0.25) is 0 Å². The molecule has 0 radical (unpaired) electrons. The van der Waals surface area contributed by atoms with E-state index in [2.05, 4.69) is 31.3 Å². The molecule has 0 aliphatic carbocycles. The SMILES string of the molecule is CCNC(CC1OCCO1)c1ccc(C)s1. The van der Waals surface area contributed by atoms with E-state index in [1.165, 1.54) is 9.75 Å². The van der Waals surface area contributed by atoms with E-state index in [-0.39, 0.29) is 6.29 Å². The van der Waals surface area contributed by atoms with Crippen LogP contribution in [0.4, 0.5) is 0 Å². The summed E-state index contributed by atoms with van der Waals surface area (Å²) in [4.78, 5) is 2.73. The summed E-state index contributed by atoms with van der Waals surface area (Å²) in [5, 5.41) is 3.49. The fraction of sp³-hybridized carbons (Fsp3) is 0.667. The van der Waals surface area contributed by atoms with Crippen LogP contribution in [0.25, 0.3) is 0 Å². The summed E-state index contributed by atoms with van der Waals surface area (Å²) >= 11 is 1.85. The van der Waals surface area contributed by atoms with Crippen molar-refractivity contribution in [3.63, 3.8) is 0 Å². The van der Waals surface area contributed by atoms with Crippen LogP contribution >= 0.6 is 11.3 Å². The van der Waals surface area contributed by atoms with Crippen molar-refractivity contribution >= 4 is 11.3 Å². The fourth-order valence-corrected chi connectivity index (χ4v) is 2.89. The minimum absolute atomic E-state index is 0.0357. The molecule has 1 aliphatic rings. The van der Waals surface area contributed by atoms with E-state index in [1.807, 2.05) is 11.3 Å². The molecule has 90 valence electrons. The summed E-state index contributed by atoms with van der Waals surface area (Å²) in [5.41, 5.74) is 0. The molecule has 1 aliphatic heterocycles. The lowest BCUT2D eigenvalue weighted by Crippen LogP contribution is -2.25. The number of thiophene rings is 1. The van der Waals surface area contributed by atoms with Gasteiger partial charge in [0.1, 0.15) is 0 Å². The highest BCUT2D eigenvalue weighted by molar-refractivity contribution is 7.12. The van der Waals surface area contributed by atoms with Crippen LogP contribution in [0.3, 0.4) is 0 Å². The summed E-state index contributed by atoms with van der Waals surface area (Å²) in [7, 11) is 0. The molecule has 1 aromatic heterocycles. The van der Waals surface area contributed by atoms with Crippen molar-refractivity contribution in [2.45, 2.75) is 32.6 Å². The lowest BCUT2D eigenvalue weighted by Gasteiger charge is -2.19. The molecule has 2 rings (SSSR count). The first kappa shape index (κ1) is 12.0. The predicted molar refractivity (Wildman–Crippen MR) is 65.8 cm³/mol. The smallest absolute Gasteiger partial charge is 0.159 e. The third-order valence-electron chi connectivity index (χ3n) is 2.67. The lowest BCUT2D eigenvalue weighted by molar-refractivity contribution is -0.0527. The van der Waals surface area contributed by atoms with Crippen molar-refractivity contribution in [3.8, 4) is 0 Å². The highest BCUT2D eigenvalue weighted by Crippen LogP contribution is 2.27. The van der Waals surface area contributed by atoms with E-state index in [0.29, 0.717) is 6.04 Å². The van der Waals surface area contributed by atoms with Gasteiger partial charge < -0.3 is 14.8 Å². The van der Waals surface area contributed by atoms with E-state index < -0.39 is 0 Å². The van der Waals surface area contributed by atoms with Gasteiger partial charge in [-0.2, -0.15) is 0 Å². The van der Waals surface area contributed by atoms with Crippen molar-refractivity contribution in [1.82, 2.24) is 5.32 Å². The molecule has 1 aromatic rings. The van der Waals surface area contributed by atoms with Gasteiger partial charge in [-0.25, -0.2) is 0 Å². The Kier molecular flexibility index (Phi) is 4.35. The normalized spacial score (nSPS) is 19.1. The van der Waals surface area contributed by atoms with Crippen molar-refractivity contribution in [2.75, 3.05) is 19.8 Å². The van der Waals surface area contributed by atoms with E-state index >= 15 is 0 Å². The molecule has 0 bridgehead atoms. The first-order valence-electron chi connectivity index (χ1n) is 5.82. The van der Waals surface area contributed by atoms with Crippen LogP contribution in [0.15, 0.2) is 12.1 Å². The molecule has 1 saturated heterocycles. The standard InChI is InChI=1S/C12H19NO2S/c1-3-13-10(8-12-14-6-7-15-12)11-5-4-9(2)16-11/h4-5,10,12-13H,3,6-8H2,1-2H3. The van der Waals surface area contributed by atoms with Crippen molar-refractivity contribution in [3.05, 3.63) is 21.9 Å². The fourth-order valence-electron chi connectivity index (χ4n) is 1.92. The Hall–Kier alpha value is -0.420. The summed E-state index contributed by atoms with van der Waals surface area (Å²) in [6, 6.07) is 4.72. The van der Waals surface area contributed by atoms with Crippen LogP contribution in [0.1, 0.15) is 29.1 Å². The average molecular weight is 241 g/mol. The molecule has 1 N–H and O–H groups in total. The minimum Gasteiger partial charge on any atom is -0.350 e. The second kappa shape index (κ2) is 5.77. The maximum Gasteiger partial charge on any atom is 0.159 e. The van der Waals surface area contributed by atoms with Gasteiger partial charge >= 0.3 is 0 Å². The van der Waals surface area contributed by atoms with Crippen LogP contribution < -0.4 is 5.32 Å². The van der Waals surface area contributed by atoms with Gasteiger partial charge in [-0.05, 0) is 25.6 Å². The number of rotatable bonds is 5. The van der Waals surface area contributed by atoms with Gasteiger partial charge in [0.15, 0.2) is 6.29 Å². The summed E-state index contributed by atoms with van der Waals surface area (Å²) in [5.74, 6) is 0. The zero-order valence-electron chi connectivity index (χ0n) is 9.86. The van der Waals surface area contributed by atoms with E-state index in [1.54, 1.807) is 0 Å². The van der Waals surface area contributed by atoms with Gasteiger partial charge in [0.25, 0.3) is 0 Å². The molecular weight excluding hydrogens is 222 g/mol. The van der Waals surface area contributed by atoms with Crippen LogP contribution in [0, 0.1) is 6.92 Å². The summed E-state index contributed by atoms with van der Waals surface area (Å²) in [6.07, 6.45) is 0.861. The molecule has 0 spiro atoms. The van der Waals surface area contributed by atoms with Gasteiger partial charge in [-0.15, -0.1) is 11.3 Å². The Morgan fingerprint density at radius 2 is 2.19 bits per heavy atom. The zero-order valence-corrected chi connectivity index (χ0v) is 10.7. The zero-order chi connectivity index (χ0) is 11.4. The number of aryl methyl sites for hydroxylation is 1. The molecule has 1 atom stereocenters. The summed E-state index contributed by atoms with van der Waals surface area (Å²) in [6.45, 7) is 6.69. The molecule has 0 amide bonds. The molecule has 1 unspecified atom stereocenters. The Bertz CT molecular complexity index is 321. The molecule has 3 nitrogen and oxygen atoms in total. The van der Waals surface area contributed by atoms with Gasteiger partial charge in [-0.1, -0.05) is 6.92 Å². The highest BCUT2D eigenvalue weighted by Gasteiger charge is 2.22. The van der Waals surface area contributed by atoms with Crippen LogP contribution in [-0.2, 0) is 9.47 Å². The van der Waals surface area contributed by atoms with Gasteiger partial charge in [-0.3, -0.25) is 0 Å². The topological polar surface area (TPSA) is 30.5 Å². The number of hydrogen-bond donors (Lipinski definition) is 1. The summed E-state index contributed by atoms with van der Waals surface area (Å²) < 4.78 is 11.0. The average Bonchev–Trinajstić information content (AvgIpc) is 2.88. The molecule has 1 fully saturated rings. The monoisotopic (exact) mass is 241 g/mol. The number of hydrogen-bond acceptors (Lipinski definition) is 4. The minimum atomic E-state index is -0.0357. The van der Waals surface area contributed by atoms with Gasteiger partial charge in [0.05, 0.1) is 13.2 Å². The van der Waals surface area contributed by atoms with Crippen LogP contribution in [0.5, 0.6) is 0 Å². The largest absolute Gasteiger partial charge is 0.350 e. The molecule has 2 heterocycles. The first-order valence-corrected chi connectivity index (χ1v) is 6.64. The van der Waals surface area contributed by atoms with E-state index in [9.17, 15) is 0 Å². The Morgan fingerprint density at radius 3 is 2.75 bits per heavy atom. The van der Waals surface area contributed by atoms with Crippen LogP contribution in [-0.4, -0.2) is 26.0 Å². The van der Waals surface area contributed by atoms with E-state index in [0.717, 1.165) is 26.2 Å². The van der Waals surface area contributed by atoms with Crippen molar-refractivity contribution < 1.29 is 9.47 Å². The second-order valence-corrected chi connectivity index (χ2v) is 5.28. The molecule has 16 heavy (non-hydrogen) atoms. The van der Waals surface area contributed by atoms with Gasteiger partial charge in [0, 0.05) is 22.2 Å². The third-order valence-corrected chi connectivity index (χ3v) is 3.79. The van der Waals surface area contributed by atoms with Crippen molar-refractivity contribution in [1.29, 1.82) is 0 Å². The lowest BCUT2D eigenvalue weighted by atomic mass is 10.1. The third kappa shape index (κ3) is 3.04. The second-order valence-electron chi connectivity index (χ2n) is 3.97. The Balaban J connectivity index is 1.98. The maximum atomic E-state index is 5.50. The van der Waals surface area contributed by atoms with Crippen molar-refractivity contribution in [2.24, 2.45) is 0 Å². The Morgan fingerprint density at radius 1 is 1.44 bits per heavy atom. The van der Waals surface area contributed by atoms with E-state index in [4.69, 9.17) is 9.47 Å². The number of ether oxygens (including phenoxy) is 2.